The number of esters is 1. The molecule has 33 heavy (non-hydrogen) atoms. The predicted molar refractivity (Wildman–Crippen MR) is 119 cm³/mol. The smallest absolute Gasteiger partial charge is 0.338 e. The highest BCUT2D eigenvalue weighted by Crippen LogP contribution is 2.29. The highest BCUT2D eigenvalue weighted by Gasteiger charge is 2.22. The Morgan fingerprint density at radius 1 is 0.939 bits per heavy atom. The fourth-order valence-corrected chi connectivity index (χ4v) is 3.53. The molecule has 1 atom stereocenters. The van der Waals surface area contributed by atoms with Crippen molar-refractivity contribution in [2.24, 2.45) is 0 Å². The van der Waals surface area contributed by atoms with Crippen molar-refractivity contribution in [2.75, 3.05) is 26.3 Å². The summed E-state index contributed by atoms with van der Waals surface area (Å²) in [6.07, 6.45) is 2.06. The summed E-state index contributed by atoms with van der Waals surface area (Å²) in [4.78, 5) is 39.2. The lowest BCUT2D eigenvalue weighted by atomic mass is 10.1. The van der Waals surface area contributed by atoms with Crippen molar-refractivity contribution in [1.82, 2.24) is 4.90 Å². The van der Waals surface area contributed by atoms with Crippen LogP contribution in [0.4, 0.5) is 4.39 Å². The van der Waals surface area contributed by atoms with Gasteiger partial charge in [-0.1, -0.05) is 0 Å². The number of carbonyl (C=O) groups excluding carboxylic acids is 3. The quantitative estimate of drug-likeness (QED) is 0.418. The number of ketones is 1. The summed E-state index contributed by atoms with van der Waals surface area (Å²) in [5, 5.41) is 0. The fraction of sp³-hybridized carbons (Fsp3) is 0.400. The number of hydrogen-bond donors (Lipinski definition) is 0. The first-order valence-electron chi connectivity index (χ1n) is 11.1. The molecule has 1 heterocycles. The van der Waals surface area contributed by atoms with Crippen LogP contribution in [-0.4, -0.2) is 55.0 Å². The number of benzene rings is 2. The molecule has 0 saturated carbocycles. The lowest BCUT2D eigenvalue weighted by Gasteiger charge is -2.26. The van der Waals surface area contributed by atoms with Gasteiger partial charge in [-0.3, -0.25) is 9.59 Å². The number of rotatable bonds is 9. The van der Waals surface area contributed by atoms with Gasteiger partial charge in [0.25, 0.3) is 5.91 Å². The molecule has 176 valence electrons. The molecule has 1 amide bonds. The number of likely N-dealkylation sites (tertiary alicyclic amines) is 1. The second kappa shape index (κ2) is 11.4. The average molecular weight is 457 g/mol. The lowest BCUT2D eigenvalue weighted by molar-refractivity contribution is -0.134. The van der Waals surface area contributed by atoms with Crippen LogP contribution in [0.3, 0.4) is 0 Å². The van der Waals surface area contributed by atoms with Gasteiger partial charge in [-0.25, -0.2) is 9.18 Å². The SMILES string of the molecule is CCOc1cc(C(=O)OC(C)C(=O)c2ccc(F)cc2)ccc1OCC(=O)N1CCCCC1. The van der Waals surface area contributed by atoms with Gasteiger partial charge in [-0.15, -0.1) is 0 Å². The third-order valence-corrected chi connectivity index (χ3v) is 5.32. The van der Waals surface area contributed by atoms with E-state index in [0.717, 1.165) is 32.4 Å². The zero-order chi connectivity index (χ0) is 23.8. The summed E-state index contributed by atoms with van der Waals surface area (Å²) < 4.78 is 29.6. The first kappa shape index (κ1) is 24.2. The normalized spacial score (nSPS) is 14.3. The molecule has 7 nitrogen and oxygen atoms in total. The standard InChI is InChI=1S/C25H28FNO6/c1-3-31-22-15-19(9-12-21(22)32-16-23(28)27-13-5-4-6-14-27)25(30)33-17(2)24(29)18-7-10-20(26)11-8-18/h7-12,15,17H,3-6,13-14,16H2,1-2H3. The van der Waals surface area contributed by atoms with E-state index in [1.165, 1.54) is 49.4 Å². The second-order valence-electron chi connectivity index (χ2n) is 7.74. The second-order valence-corrected chi connectivity index (χ2v) is 7.74. The van der Waals surface area contributed by atoms with Gasteiger partial charge in [0.05, 0.1) is 12.2 Å². The molecule has 3 rings (SSSR count). The molecular weight excluding hydrogens is 429 g/mol. The number of carbonyl (C=O) groups is 3. The Morgan fingerprint density at radius 2 is 1.61 bits per heavy atom. The maximum atomic E-state index is 13.1. The maximum Gasteiger partial charge on any atom is 0.338 e. The highest BCUT2D eigenvalue weighted by atomic mass is 19.1. The molecule has 0 aromatic heterocycles. The van der Waals surface area contributed by atoms with Crippen LogP contribution < -0.4 is 9.47 Å². The van der Waals surface area contributed by atoms with Crippen molar-refractivity contribution in [2.45, 2.75) is 39.2 Å². The van der Waals surface area contributed by atoms with E-state index in [1.54, 1.807) is 11.8 Å². The number of hydrogen-bond acceptors (Lipinski definition) is 6. The number of halogens is 1. The molecule has 0 spiro atoms. The Labute approximate surface area is 192 Å². The third-order valence-electron chi connectivity index (χ3n) is 5.32. The molecule has 0 aliphatic carbocycles. The van der Waals surface area contributed by atoms with E-state index in [2.05, 4.69) is 0 Å². The van der Waals surface area contributed by atoms with Gasteiger partial charge in [0.2, 0.25) is 5.78 Å². The van der Waals surface area contributed by atoms with Crippen molar-refractivity contribution in [3.8, 4) is 11.5 Å². The van der Waals surface area contributed by atoms with Crippen molar-refractivity contribution in [1.29, 1.82) is 0 Å². The molecule has 2 aromatic rings. The summed E-state index contributed by atoms with van der Waals surface area (Å²) in [5.41, 5.74) is 0.417. The summed E-state index contributed by atoms with van der Waals surface area (Å²) in [6, 6.07) is 9.51. The molecular formula is C25H28FNO6. The highest BCUT2D eigenvalue weighted by molar-refractivity contribution is 6.01. The largest absolute Gasteiger partial charge is 0.490 e. The number of nitrogens with zero attached hydrogens (tertiary/aromatic N) is 1. The monoisotopic (exact) mass is 457 g/mol. The molecule has 1 unspecified atom stereocenters. The van der Waals surface area contributed by atoms with Gasteiger partial charge in [0.15, 0.2) is 24.2 Å². The van der Waals surface area contributed by atoms with Crippen LogP contribution in [0.5, 0.6) is 11.5 Å². The van der Waals surface area contributed by atoms with E-state index in [9.17, 15) is 18.8 Å². The van der Waals surface area contributed by atoms with E-state index in [1.807, 2.05) is 0 Å². The molecule has 1 aliphatic rings. The van der Waals surface area contributed by atoms with E-state index < -0.39 is 23.7 Å². The minimum absolute atomic E-state index is 0.0891. The number of piperidine rings is 1. The third kappa shape index (κ3) is 6.54. The maximum absolute atomic E-state index is 13.1. The van der Waals surface area contributed by atoms with E-state index in [-0.39, 0.29) is 23.6 Å². The summed E-state index contributed by atoms with van der Waals surface area (Å²) in [7, 11) is 0. The Balaban J connectivity index is 1.64. The first-order chi connectivity index (χ1) is 15.9. The Morgan fingerprint density at radius 3 is 2.27 bits per heavy atom. The van der Waals surface area contributed by atoms with Gasteiger partial charge in [-0.05, 0) is 75.6 Å². The topological polar surface area (TPSA) is 82.1 Å². The van der Waals surface area contributed by atoms with Crippen molar-refractivity contribution in [3.63, 3.8) is 0 Å². The Kier molecular flexibility index (Phi) is 8.40. The average Bonchev–Trinajstić information content (AvgIpc) is 2.83. The van der Waals surface area contributed by atoms with E-state index in [4.69, 9.17) is 14.2 Å². The minimum atomic E-state index is -1.06. The van der Waals surface area contributed by atoms with Gasteiger partial charge < -0.3 is 19.1 Å². The molecule has 0 bridgehead atoms. The fourth-order valence-electron chi connectivity index (χ4n) is 3.53. The number of ether oxygens (including phenoxy) is 3. The minimum Gasteiger partial charge on any atom is -0.490 e. The van der Waals surface area contributed by atoms with Crippen molar-refractivity contribution < 1.29 is 33.0 Å². The zero-order valence-electron chi connectivity index (χ0n) is 18.8. The van der Waals surface area contributed by atoms with Crippen LogP contribution in [0.15, 0.2) is 42.5 Å². The van der Waals surface area contributed by atoms with Crippen LogP contribution in [0.1, 0.15) is 53.8 Å². The van der Waals surface area contributed by atoms with Crippen molar-refractivity contribution >= 4 is 17.7 Å². The van der Waals surface area contributed by atoms with E-state index >= 15 is 0 Å². The molecule has 0 radical (unpaired) electrons. The van der Waals surface area contributed by atoms with Gasteiger partial charge in [0, 0.05) is 18.7 Å². The molecule has 2 aromatic carbocycles. The van der Waals surface area contributed by atoms with Gasteiger partial charge in [-0.2, -0.15) is 0 Å². The van der Waals surface area contributed by atoms with Gasteiger partial charge >= 0.3 is 5.97 Å². The number of amides is 1. The van der Waals surface area contributed by atoms with Crippen LogP contribution in [0.2, 0.25) is 0 Å². The Bertz CT molecular complexity index is 985. The molecule has 1 fully saturated rings. The molecule has 0 N–H and O–H groups in total. The van der Waals surface area contributed by atoms with Gasteiger partial charge in [0.1, 0.15) is 5.82 Å². The van der Waals surface area contributed by atoms with Crippen LogP contribution in [-0.2, 0) is 9.53 Å². The van der Waals surface area contributed by atoms with Crippen LogP contribution in [0.25, 0.3) is 0 Å². The van der Waals surface area contributed by atoms with Crippen LogP contribution in [0, 0.1) is 5.82 Å². The Hall–Kier alpha value is -3.42. The number of Topliss-reactive ketones (excluding diaryl/α,β-unsaturated/α-hetero) is 1. The zero-order valence-corrected chi connectivity index (χ0v) is 18.8. The summed E-state index contributed by atoms with van der Waals surface area (Å²) in [6.45, 7) is 4.93. The summed E-state index contributed by atoms with van der Waals surface area (Å²) >= 11 is 0. The van der Waals surface area contributed by atoms with Crippen molar-refractivity contribution in [3.05, 3.63) is 59.4 Å². The van der Waals surface area contributed by atoms with Crippen LogP contribution >= 0.6 is 0 Å². The molecule has 1 aliphatic heterocycles. The lowest BCUT2D eigenvalue weighted by Crippen LogP contribution is -2.38. The van der Waals surface area contributed by atoms with E-state index in [0.29, 0.717) is 18.1 Å². The predicted octanol–water partition coefficient (Wildman–Crippen LogP) is 4.04. The summed E-state index contributed by atoms with van der Waals surface area (Å²) in [5.74, 6) is -1.06. The molecule has 1 saturated heterocycles. The molecule has 8 heteroatoms. The first-order valence-corrected chi connectivity index (χ1v) is 11.1.